The van der Waals surface area contributed by atoms with Gasteiger partial charge >= 0.3 is 0 Å². The molecule has 4 heterocycles. The third-order valence-electron chi connectivity index (χ3n) is 9.39. The van der Waals surface area contributed by atoms with Crippen molar-refractivity contribution >= 4 is 21.5 Å². The van der Waals surface area contributed by atoms with Gasteiger partial charge in [-0.2, -0.15) is 0 Å². The Balaban J connectivity index is 1.23. The van der Waals surface area contributed by atoms with Crippen molar-refractivity contribution in [3.63, 3.8) is 0 Å². The lowest BCUT2D eigenvalue weighted by Crippen LogP contribution is -2.34. The molecule has 0 aliphatic rings. The zero-order valence-corrected chi connectivity index (χ0v) is 27.4. The van der Waals surface area contributed by atoms with Crippen molar-refractivity contribution in [3.8, 4) is 33.4 Å². The van der Waals surface area contributed by atoms with E-state index in [1.807, 2.05) is 14.1 Å². The van der Waals surface area contributed by atoms with E-state index in [2.05, 4.69) is 189 Å². The highest BCUT2D eigenvalue weighted by Crippen LogP contribution is 2.39. The lowest BCUT2D eigenvalue weighted by molar-refractivity contribution is -0.688. The van der Waals surface area contributed by atoms with Gasteiger partial charge < -0.3 is 0 Å². The molecule has 0 fully saturated rings. The van der Waals surface area contributed by atoms with Crippen LogP contribution in [0.1, 0.15) is 11.1 Å². The molecule has 4 nitrogen and oxygen atoms in total. The fourth-order valence-electron chi connectivity index (χ4n) is 6.78. The van der Waals surface area contributed by atoms with Gasteiger partial charge in [0.15, 0.2) is 62.7 Å². The Labute approximate surface area is 281 Å². The molecule has 4 aromatic carbocycles. The largest absolute Gasteiger partial charge is 0.208 e. The summed E-state index contributed by atoms with van der Waals surface area (Å²) >= 11 is 0. The normalized spacial score (nSPS) is 11.3. The van der Waals surface area contributed by atoms with E-state index < -0.39 is 0 Å². The van der Waals surface area contributed by atoms with Crippen molar-refractivity contribution in [2.75, 3.05) is 0 Å². The van der Waals surface area contributed by atoms with Gasteiger partial charge in [-0.1, -0.05) is 72.8 Å². The molecule has 0 aliphatic carbocycles. The van der Waals surface area contributed by atoms with E-state index in [1.165, 1.54) is 66.1 Å². The summed E-state index contributed by atoms with van der Waals surface area (Å²) in [6.45, 7) is 1.53. The Morgan fingerprint density at radius 1 is 0.354 bits per heavy atom. The number of nitrogens with zero attached hydrogens (tertiary/aromatic N) is 4. The fourth-order valence-corrected chi connectivity index (χ4v) is 6.78. The smallest absolute Gasteiger partial charge is 0.174 e. The van der Waals surface area contributed by atoms with Gasteiger partial charge in [-0.3, -0.25) is 0 Å². The van der Waals surface area contributed by atoms with Crippen LogP contribution >= 0.6 is 0 Å². The van der Waals surface area contributed by atoms with Crippen molar-refractivity contribution in [2.45, 2.75) is 13.1 Å². The highest BCUT2D eigenvalue weighted by atomic mass is 14.9. The Hall–Kier alpha value is -6.00. The highest BCUT2D eigenvalue weighted by molar-refractivity contribution is 6.07. The number of aryl methyl sites for hydroxylation is 2. The molecule has 0 aliphatic heterocycles. The maximum atomic E-state index is 2.32. The minimum atomic E-state index is 0.767. The molecule has 0 atom stereocenters. The van der Waals surface area contributed by atoms with Crippen LogP contribution in [-0.2, 0) is 27.2 Å². The van der Waals surface area contributed by atoms with Gasteiger partial charge in [-0.25, -0.2) is 18.3 Å². The monoisotopic (exact) mass is 622 g/mol. The first kappa shape index (κ1) is 29.4. The topological polar surface area (TPSA) is 15.5 Å². The number of pyridine rings is 4. The molecule has 0 bridgehead atoms. The third-order valence-corrected chi connectivity index (χ3v) is 9.39. The molecule has 4 aromatic heterocycles. The van der Waals surface area contributed by atoms with E-state index in [-0.39, 0.29) is 0 Å². The average Bonchev–Trinajstić information content (AvgIpc) is 3.13. The Morgan fingerprint density at radius 2 is 0.688 bits per heavy atom. The van der Waals surface area contributed by atoms with Crippen LogP contribution in [0.3, 0.4) is 0 Å². The van der Waals surface area contributed by atoms with Gasteiger partial charge in [0.05, 0.1) is 0 Å². The van der Waals surface area contributed by atoms with Gasteiger partial charge in [0.2, 0.25) is 0 Å². The summed E-state index contributed by atoms with van der Waals surface area (Å²) in [5.74, 6) is 0. The molecule has 230 valence electrons. The summed E-state index contributed by atoms with van der Waals surface area (Å²) in [4.78, 5) is 0. The molecule has 0 spiro atoms. The lowest BCUT2D eigenvalue weighted by Gasteiger charge is -2.17. The zero-order valence-electron chi connectivity index (χ0n) is 27.4. The maximum absolute atomic E-state index is 2.32. The fraction of sp³-hybridized carbons (Fsp3) is 0.0909. The number of rotatable bonds is 7. The van der Waals surface area contributed by atoms with E-state index in [0.29, 0.717) is 0 Å². The summed E-state index contributed by atoms with van der Waals surface area (Å²) in [6.07, 6.45) is 17.2. The van der Waals surface area contributed by atoms with Crippen molar-refractivity contribution in [1.29, 1.82) is 0 Å². The number of hydrogen-bond donors (Lipinski definition) is 0. The second-order valence-corrected chi connectivity index (χ2v) is 12.7. The van der Waals surface area contributed by atoms with Crippen LogP contribution in [0.4, 0.5) is 0 Å². The molecule has 48 heavy (non-hydrogen) atoms. The number of benzene rings is 4. The molecular formula is C44H38N4+4. The molecule has 0 saturated carbocycles. The van der Waals surface area contributed by atoms with Crippen LogP contribution in [0.5, 0.6) is 0 Å². The van der Waals surface area contributed by atoms with Gasteiger partial charge in [-0.15, -0.1) is 0 Å². The highest BCUT2D eigenvalue weighted by Gasteiger charge is 2.21. The van der Waals surface area contributed by atoms with Crippen LogP contribution in [0.2, 0.25) is 0 Å². The Kier molecular flexibility index (Phi) is 7.75. The summed E-state index contributed by atoms with van der Waals surface area (Å²) < 4.78 is 8.71. The second kappa shape index (κ2) is 12.7. The molecule has 8 aromatic rings. The van der Waals surface area contributed by atoms with E-state index in [1.54, 1.807) is 0 Å². The van der Waals surface area contributed by atoms with Gasteiger partial charge in [-0.05, 0) is 43.8 Å². The third kappa shape index (κ3) is 5.85. The molecule has 4 heteroatoms. The number of fused-ring (bicyclic) bond motifs is 2. The van der Waals surface area contributed by atoms with Crippen LogP contribution in [0.15, 0.2) is 171 Å². The van der Waals surface area contributed by atoms with Gasteiger partial charge in [0.1, 0.15) is 14.1 Å². The van der Waals surface area contributed by atoms with Crippen LogP contribution in [0, 0.1) is 0 Å². The van der Waals surface area contributed by atoms with E-state index in [9.17, 15) is 0 Å². The van der Waals surface area contributed by atoms with E-state index in [0.717, 1.165) is 13.1 Å². The first-order chi connectivity index (χ1) is 23.6. The van der Waals surface area contributed by atoms with Gasteiger partial charge in [0.25, 0.3) is 0 Å². The predicted octanol–water partition coefficient (Wildman–Crippen LogP) is 7.31. The molecular weight excluding hydrogens is 585 g/mol. The molecule has 0 N–H and O–H groups in total. The quantitative estimate of drug-likeness (QED) is 0.166. The Bertz CT molecular complexity index is 2200. The predicted molar refractivity (Wildman–Crippen MR) is 192 cm³/mol. The zero-order chi connectivity index (χ0) is 32.5. The first-order valence-corrected chi connectivity index (χ1v) is 16.5. The summed E-state index contributed by atoms with van der Waals surface area (Å²) in [7, 11) is 4.09. The summed E-state index contributed by atoms with van der Waals surface area (Å²) in [6, 6.07) is 44.3. The van der Waals surface area contributed by atoms with E-state index >= 15 is 0 Å². The number of hydrogen-bond acceptors (Lipinski definition) is 0. The number of aromatic nitrogens is 4. The van der Waals surface area contributed by atoms with Crippen LogP contribution in [-0.4, -0.2) is 0 Å². The Morgan fingerprint density at radius 3 is 1.06 bits per heavy atom. The summed E-state index contributed by atoms with van der Waals surface area (Å²) in [5.41, 5.74) is 10.1. The minimum absolute atomic E-state index is 0.767. The second-order valence-electron chi connectivity index (χ2n) is 12.7. The van der Waals surface area contributed by atoms with Crippen molar-refractivity contribution < 1.29 is 18.3 Å². The average molecular weight is 623 g/mol. The standard InChI is InChI=1S/C44H38N4/c1-45-23-15-33(16-24-45)35-19-27-47(28-20-35)31-39-13-11-37-7-3-5-9-41(37)43(39)44-40(14-12-38-8-4-6-10-42(38)44)32-48-29-21-36(22-30-48)34-17-25-46(2)26-18-34/h3-30H,31-32H2,1-2H3/q+4. The van der Waals surface area contributed by atoms with Crippen molar-refractivity contribution in [1.82, 2.24) is 0 Å². The minimum Gasteiger partial charge on any atom is -0.208 e. The van der Waals surface area contributed by atoms with Crippen LogP contribution in [0.25, 0.3) is 54.9 Å². The molecule has 0 amide bonds. The molecule has 0 saturated heterocycles. The van der Waals surface area contributed by atoms with Crippen molar-refractivity contribution in [2.24, 2.45) is 14.1 Å². The maximum Gasteiger partial charge on any atom is 0.174 e. The summed E-state index contributed by atoms with van der Waals surface area (Å²) in [5, 5.41) is 5.06. The van der Waals surface area contributed by atoms with E-state index in [4.69, 9.17) is 0 Å². The van der Waals surface area contributed by atoms with Gasteiger partial charge in [0, 0.05) is 70.8 Å². The van der Waals surface area contributed by atoms with Crippen LogP contribution < -0.4 is 18.3 Å². The SMILES string of the molecule is C[n+]1ccc(-c2cc[n+](Cc3ccc4ccccc4c3-c3c(C[n+]4ccc(-c5cc[n+](C)cc5)cc4)ccc4ccccc34)cc2)cc1. The molecule has 8 rings (SSSR count). The molecule has 0 unspecified atom stereocenters. The molecule has 0 radical (unpaired) electrons. The lowest BCUT2D eigenvalue weighted by atomic mass is 9.87. The van der Waals surface area contributed by atoms with Crippen molar-refractivity contribution in [3.05, 3.63) is 182 Å². The first-order valence-electron chi connectivity index (χ1n) is 16.5.